The van der Waals surface area contributed by atoms with Gasteiger partial charge in [0.1, 0.15) is 12.4 Å². The summed E-state index contributed by atoms with van der Waals surface area (Å²) in [7, 11) is 0. The van der Waals surface area contributed by atoms with Crippen molar-refractivity contribution >= 4 is 28.3 Å². The van der Waals surface area contributed by atoms with Crippen LogP contribution in [0.3, 0.4) is 0 Å². The van der Waals surface area contributed by atoms with Crippen molar-refractivity contribution in [2.24, 2.45) is 0 Å². The Balaban J connectivity index is 2.01. The largest absolute Gasteiger partial charge is 0.329 e. The average Bonchev–Trinajstić information content (AvgIpc) is 3.10. The zero-order valence-electron chi connectivity index (χ0n) is 14.2. The number of aromatic nitrogens is 1. The number of anilines is 1. The minimum Gasteiger partial charge on any atom is -0.329 e. The lowest BCUT2D eigenvalue weighted by Gasteiger charge is -2.22. The van der Waals surface area contributed by atoms with Crippen LogP contribution < -0.4 is 5.32 Å². The quantitative estimate of drug-likeness (QED) is 0.686. The fourth-order valence-corrected chi connectivity index (χ4v) is 2.92. The fourth-order valence-electron chi connectivity index (χ4n) is 2.37. The molecule has 0 saturated carbocycles. The molecule has 2 aromatic rings. The second kappa shape index (κ2) is 9.88. The highest BCUT2D eigenvalue weighted by Crippen LogP contribution is 2.12. The van der Waals surface area contributed by atoms with E-state index in [2.05, 4.69) is 17.2 Å². The Morgan fingerprint density at radius 1 is 1.20 bits per heavy atom. The summed E-state index contributed by atoms with van der Waals surface area (Å²) in [5.41, 5.74) is 0.374. The maximum atomic E-state index is 13.1. The molecule has 0 unspecified atom stereocenters. The molecule has 0 atom stereocenters. The van der Waals surface area contributed by atoms with Gasteiger partial charge in [-0.1, -0.05) is 26.2 Å². The SMILES string of the molecule is CCCCCCN(CC(=O)Nc1nccs1)C(=O)c1ccc(F)cc1. The van der Waals surface area contributed by atoms with E-state index in [1.54, 1.807) is 11.6 Å². The summed E-state index contributed by atoms with van der Waals surface area (Å²) < 4.78 is 13.1. The summed E-state index contributed by atoms with van der Waals surface area (Å²) in [5.74, 6) is -0.959. The van der Waals surface area contributed by atoms with Gasteiger partial charge in [-0.2, -0.15) is 0 Å². The van der Waals surface area contributed by atoms with Crippen molar-refractivity contribution in [3.8, 4) is 0 Å². The van der Waals surface area contributed by atoms with Crippen molar-refractivity contribution < 1.29 is 14.0 Å². The van der Waals surface area contributed by atoms with Crippen LogP contribution >= 0.6 is 11.3 Å². The number of hydrogen-bond acceptors (Lipinski definition) is 4. The number of carbonyl (C=O) groups excluding carboxylic acids is 2. The first-order chi connectivity index (χ1) is 12.1. The summed E-state index contributed by atoms with van der Waals surface area (Å²) in [6.07, 6.45) is 5.61. The third-order valence-corrected chi connectivity index (χ3v) is 4.36. The van der Waals surface area contributed by atoms with Crippen LogP contribution in [0.4, 0.5) is 9.52 Å². The van der Waals surface area contributed by atoms with Gasteiger partial charge in [-0.15, -0.1) is 11.3 Å². The van der Waals surface area contributed by atoms with Crippen LogP contribution in [0.15, 0.2) is 35.8 Å². The lowest BCUT2D eigenvalue weighted by molar-refractivity contribution is -0.116. The Kier molecular flexibility index (Phi) is 7.53. The van der Waals surface area contributed by atoms with Gasteiger partial charge >= 0.3 is 0 Å². The molecule has 7 heteroatoms. The molecule has 1 aromatic carbocycles. The van der Waals surface area contributed by atoms with Gasteiger partial charge in [-0.05, 0) is 30.7 Å². The number of nitrogens with zero attached hydrogens (tertiary/aromatic N) is 2. The molecule has 0 spiro atoms. The molecule has 0 saturated heterocycles. The smallest absolute Gasteiger partial charge is 0.254 e. The molecule has 2 rings (SSSR count). The highest BCUT2D eigenvalue weighted by Gasteiger charge is 2.19. The molecule has 0 aliphatic carbocycles. The number of rotatable bonds is 9. The van der Waals surface area contributed by atoms with Crippen molar-refractivity contribution in [2.45, 2.75) is 32.6 Å². The number of nitrogens with one attached hydrogen (secondary N) is 1. The predicted octanol–water partition coefficient (Wildman–Crippen LogP) is 3.94. The standard InChI is InChI=1S/C18H22FN3O2S/c1-2-3-4-5-11-22(13-16(23)21-18-20-10-12-25-18)17(24)14-6-8-15(19)9-7-14/h6-10,12H,2-5,11,13H2,1H3,(H,20,21,23). The van der Waals surface area contributed by atoms with Crippen LogP contribution in [0, 0.1) is 5.82 Å². The molecular weight excluding hydrogens is 341 g/mol. The van der Waals surface area contributed by atoms with Crippen LogP contribution in [-0.4, -0.2) is 34.8 Å². The molecule has 1 aromatic heterocycles. The number of amides is 2. The molecule has 1 N–H and O–H groups in total. The van der Waals surface area contributed by atoms with E-state index in [0.29, 0.717) is 17.2 Å². The van der Waals surface area contributed by atoms with Crippen molar-refractivity contribution in [1.82, 2.24) is 9.88 Å². The molecule has 0 radical (unpaired) electrons. The summed E-state index contributed by atoms with van der Waals surface area (Å²) in [6.45, 7) is 2.55. The van der Waals surface area contributed by atoms with E-state index >= 15 is 0 Å². The zero-order chi connectivity index (χ0) is 18.1. The maximum absolute atomic E-state index is 13.1. The third-order valence-electron chi connectivity index (χ3n) is 3.67. The second-order valence-corrected chi connectivity index (χ2v) is 6.57. The van der Waals surface area contributed by atoms with E-state index in [4.69, 9.17) is 0 Å². The monoisotopic (exact) mass is 363 g/mol. The van der Waals surface area contributed by atoms with Gasteiger partial charge in [0.2, 0.25) is 5.91 Å². The third kappa shape index (κ3) is 6.26. The van der Waals surface area contributed by atoms with Gasteiger partial charge in [0.25, 0.3) is 5.91 Å². The normalized spacial score (nSPS) is 10.5. The molecule has 0 aliphatic heterocycles. The van der Waals surface area contributed by atoms with Crippen molar-refractivity contribution in [2.75, 3.05) is 18.4 Å². The topological polar surface area (TPSA) is 62.3 Å². The van der Waals surface area contributed by atoms with Crippen molar-refractivity contribution in [3.63, 3.8) is 0 Å². The molecular formula is C18H22FN3O2S. The Bertz CT molecular complexity index is 674. The van der Waals surface area contributed by atoms with Crippen LogP contribution in [-0.2, 0) is 4.79 Å². The number of thiazole rings is 1. The van der Waals surface area contributed by atoms with Crippen molar-refractivity contribution in [3.05, 3.63) is 47.2 Å². The van der Waals surface area contributed by atoms with Crippen molar-refractivity contribution in [1.29, 1.82) is 0 Å². The van der Waals surface area contributed by atoms with Crippen LogP contribution in [0.1, 0.15) is 43.0 Å². The molecule has 25 heavy (non-hydrogen) atoms. The second-order valence-electron chi connectivity index (χ2n) is 5.68. The Morgan fingerprint density at radius 2 is 1.96 bits per heavy atom. The molecule has 134 valence electrons. The minimum absolute atomic E-state index is 0.0537. The Morgan fingerprint density at radius 3 is 2.60 bits per heavy atom. The van der Waals surface area contributed by atoms with Gasteiger partial charge in [-0.3, -0.25) is 9.59 Å². The van der Waals surface area contributed by atoms with Crippen LogP contribution in [0.2, 0.25) is 0 Å². The van der Waals surface area contributed by atoms with Gasteiger partial charge < -0.3 is 10.2 Å². The van der Waals surface area contributed by atoms with E-state index < -0.39 is 5.82 Å². The first kappa shape index (κ1) is 19.1. The highest BCUT2D eigenvalue weighted by atomic mass is 32.1. The fraction of sp³-hybridized carbons (Fsp3) is 0.389. The molecule has 0 aliphatic rings. The van der Waals surface area contributed by atoms with Gasteiger partial charge in [0.15, 0.2) is 5.13 Å². The molecule has 0 fully saturated rings. The minimum atomic E-state index is -0.396. The lowest BCUT2D eigenvalue weighted by atomic mass is 10.1. The number of carbonyl (C=O) groups is 2. The number of benzene rings is 1. The van der Waals surface area contributed by atoms with Gasteiger partial charge in [-0.25, -0.2) is 9.37 Å². The first-order valence-electron chi connectivity index (χ1n) is 8.34. The zero-order valence-corrected chi connectivity index (χ0v) is 15.0. The van der Waals surface area contributed by atoms with Crippen LogP contribution in [0.25, 0.3) is 0 Å². The highest BCUT2D eigenvalue weighted by molar-refractivity contribution is 7.13. The van der Waals surface area contributed by atoms with E-state index in [0.717, 1.165) is 25.7 Å². The summed E-state index contributed by atoms with van der Waals surface area (Å²) >= 11 is 1.32. The lowest BCUT2D eigenvalue weighted by Crippen LogP contribution is -2.38. The number of hydrogen-bond donors (Lipinski definition) is 1. The van der Waals surface area contributed by atoms with E-state index in [1.165, 1.54) is 40.5 Å². The number of unbranched alkanes of at least 4 members (excludes halogenated alkanes) is 3. The molecule has 1 heterocycles. The summed E-state index contributed by atoms with van der Waals surface area (Å²) in [4.78, 5) is 30.4. The summed E-state index contributed by atoms with van der Waals surface area (Å²) in [6, 6.07) is 5.38. The number of halogens is 1. The summed E-state index contributed by atoms with van der Waals surface area (Å²) in [5, 5.41) is 4.95. The molecule has 0 bridgehead atoms. The van der Waals surface area contributed by atoms with Gasteiger partial charge in [0, 0.05) is 23.7 Å². The molecule has 2 amide bonds. The van der Waals surface area contributed by atoms with Gasteiger partial charge in [0.05, 0.1) is 0 Å². The Hall–Kier alpha value is -2.28. The van der Waals surface area contributed by atoms with E-state index in [9.17, 15) is 14.0 Å². The Labute approximate surface area is 150 Å². The molecule has 5 nitrogen and oxygen atoms in total. The maximum Gasteiger partial charge on any atom is 0.254 e. The van der Waals surface area contributed by atoms with Crippen LogP contribution in [0.5, 0.6) is 0 Å². The van der Waals surface area contributed by atoms with E-state index in [1.807, 2.05) is 0 Å². The first-order valence-corrected chi connectivity index (χ1v) is 9.22. The predicted molar refractivity (Wildman–Crippen MR) is 97.2 cm³/mol. The van der Waals surface area contributed by atoms with E-state index in [-0.39, 0.29) is 18.4 Å². The average molecular weight is 363 g/mol.